The van der Waals surface area contributed by atoms with E-state index in [1.165, 1.54) is 31.0 Å². The van der Waals surface area contributed by atoms with E-state index in [1.54, 1.807) is 30.3 Å². The molecule has 1 aliphatic heterocycles. The molecule has 68 heavy (non-hydrogen) atoms. The number of ether oxygens (including phenoxy) is 1. The van der Waals surface area contributed by atoms with E-state index in [2.05, 4.69) is 32.5 Å². The largest absolute Gasteiger partial charge is 0.382 e. The Labute approximate surface area is 400 Å². The molecule has 3 aromatic rings. The second-order valence-corrected chi connectivity index (χ2v) is 19.4. The number of amides is 5. The van der Waals surface area contributed by atoms with E-state index in [9.17, 15) is 42.3 Å². The maximum atomic E-state index is 14.9. The first kappa shape index (κ1) is 54.6. The number of rotatable bonds is 25. The molecule has 18 heteroatoms. The summed E-state index contributed by atoms with van der Waals surface area (Å²) in [6, 6.07) is 17.3. The van der Waals surface area contributed by atoms with Crippen molar-refractivity contribution in [3.63, 3.8) is 0 Å². The average molecular weight is 959 g/mol. The molecule has 1 heterocycles. The van der Waals surface area contributed by atoms with E-state index in [-0.39, 0.29) is 88.0 Å². The number of aliphatic hydroxyl groups is 1. The maximum Gasteiger partial charge on any atom is 0.313 e. The van der Waals surface area contributed by atoms with Crippen LogP contribution in [0.2, 0.25) is 0 Å². The number of hydrogen-bond acceptors (Lipinski definition) is 12. The maximum absolute atomic E-state index is 14.9. The van der Waals surface area contributed by atoms with Crippen molar-refractivity contribution in [3.8, 4) is 12.3 Å². The molecule has 3 aromatic carbocycles. The third-order valence-electron chi connectivity index (χ3n) is 11.1. The number of aryl methyl sites for hydroxylation is 2. The minimum absolute atomic E-state index is 0.0137. The van der Waals surface area contributed by atoms with E-state index in [1.807, 2.05) is 58.0 Å². The van der Waals surface area contributed by atoms with Crippen molar-refractivity contribution in [1.82, 2.24) is 31.6 Å². The van der Waals surface area contributed by atoms with Crippen LogP contribution in [0.1, 0.15) is 87.0 Å². The smallest absolute Gasteiger partial charge is 0.313 e. The Morgan fingerprint density at radius 1 is 0.794 bits per heavy atom. The molecule has 5 amide bonds. The minimum atomic E-state index is -4.72. The summed E-state index contributed by atoms with van der Waals surface area (Å²) in [6.07, 6.45) is 5.70. The van der Waals surface area contributed by atoms with Gasteiger partial charge in [-0.1, -0.05) is 100 Å². The minimum Gasteiger partial charge on any atom is -0.382 e. The van der Waals surface area contributed by atoms with Crippen LogP contribution in [0.4, 0.5) is 0 Å². The van der Waals surface area contributed by atoms with Crippen molar-refractivity contribution in [2.24, 2.45) is 11.8 Å². The summed E-state index contributed by atoms with van der Waals surface area (Å²) in [5.74, 6) is -2.08. The van der Waals surface area contributed by atoms with Crippen LogP contribution in [0.25, 0.3) is 0 Å². The van der Waals surface area contributed by atoms with Gasteiger partial charge in [-0.3, -0.25) is 28.8 Å². The summed E-state index contributed by atoms with van der Waals surface area (Å²) < 4.78 is 39.4. The number of terminal acetylenes is 1. The van der Waals surface area contributed by atoms with Crippen LogP contribution in [0.15, 0.2) is 77.7 Å². The zero-order valence-corrected chi connectivity index (χ0v) is 40.6. The number of carbonyl (C=O) groups excluding carboxylic acids is 6. The van der Waals surface area contributed by atoms with Crippen LogP contribution in [-0.4, -0.2) is 117 Å². The molecule has 368 valence electrons. The molecule has 0 aliphatic carbocycles. The number of Topliss-reactive ketones (excluding diaryl/α,β-unsaturated/α-hetero) is 1. The number of hydroxylamine groups is 2. The first-order valence-electron chi connectivity index (χ1n) is 22.8. The standard InChI is InChI=1S/C50H66N6O11S/c1-8-23-51-49(62)45-38(20-19-36-15-11-9-12-16-36)21-22-43(68(64,65)67-56-24-26-66-27-25-56)39(45)31-50(7,63)46(59)40(28-33(2)3)54-48(61)42(30-37-17-13-10-14-18-37)55-47(60)41(29-34(4)5)53-44(58)32-52-35(6)57/h1,9-18,21-22,33-34,40-42,63H,19-20,23-32H2,2-7H3,(H,51,62)(H,52,57)(H,53,58)(H,54,61)(H,55,60)/t40-,41-,42-,50+/m0/s1. The summed E-state index contributed by atoms with van der Waals surface area (Å²) in [5, 5.41) is 26.8. The van der Waals surface area contributed by atoms with Gasteiger partial charge in [0.2, 0.25) is 23.6 Å². The van der Waals surface area contributed by atoms with Gasteiger partial charge in [-0.15, -0.1) is 6.42 Å². The van der Waals surface area contributed by atoms with E-state index in [4.69, 9.17) is 15.4 Å². The van der Waals surface area contributed by atoms with Crippen LogP contribution in [-0.2, 0) is 68.8 Å². The van der Waals surface area contributed by atoms with Gasteiger partial charge in [0.1, 0.15) is 17.7 Å². The van der Waals surface area contributed by atoms with Gasteiger partial charge in [-0.2, -0.15) is 17.8 Å². The average Bonchev–Trinajstić information content (AvgIpc) is 3.28. The molecule has 6 N–H and O–H groups in total. The summed E-state index contributed by atoms with van der Waals surface area (Å²) in [4.78, 5) is 81.3. The van der Waals surface area contributed by atoms with Crippen molar-refractivity contribution < 1.29 is 51.3 Å². The number of carbonyl (C=O) groups is 6. The fraction of sp³-hybridized carbons (Fsp3) is 0.480. The van der Waals surface area contributed by atoms with Crippen molar-refractivity contribution in [1.29, 1.82) is 0 Å². The van der Waals surface area contributed by atoms with Gasteiger partial charge in [0.05, 0.1) is 37.2 Å². The molecule has 0 saturated carbocycles. The molecule has 0 unspecified atom stereocenters. The molecule has 1 fully saturated rings. The van der Waals surface area contributed by atoms with Gasteiger partial charge in [0.15, 0.2) is 5.78 Å². The third kappa shape index (κ3) is 17.0. The second-order valence-electron chi connectivity index (χ2n) is 17.9. The van der Waals surface area contributed by atoms with E-state index < -0.39 is 80.5 Å². The Hall–Kier alpha value is -5.97. The number of morpholine rings is 1. The fourth-order valence-electron chi connectivity index (χ4n) is 7.79. The third-order valence-corrected chi connectivity index (χ3v) is 12.4. The summed E-state index contributed by atoms with van der Waals surface area (Å²) in [6.45, 7) is 9.86. The lowest BCUT2D eigenvalue weighted by Crippen LogP contribution is -2.59. The number of nitrogens with one attached hydrogen (secondary N) is 5. The zero-order valence-electron chi connectivity index (χ0n) is 39.8. The van der Waals surface area contributed by atoms with E-state index in [0.717, 1.165) is 5.56 Å². The molecular formula is C50H66N6O11S. The zero-order chi connectivity index (χ0) is 50.0. The molecule has 0 radical (unpaired) electrons. The highest BCUT2D eigenvalue weighted by Crippen LogP contribution is 2.32. The van der Waals surface area contributed by atoms with Crippen LogP contribution in [0.5, 0.6) is 0 Å². The van der Waals surface area contributed by atoms with E-state index >= 15 is 0 Å². The van der Waals surface area contributed by atoms with Gasteiger partial charge in [-0.05, 0) is 72.8 Å². The lowest BCUT2D eigenvalue weighted by molar-refractivity contribution is -0.141. The molecule has 1 saturated heterocycles. The summed E-state index contributed by atoms with van der Waals surface area (Å²) >= 11 is 0. The van der Waals surface area contributed by atoms with Crippen LogP contribution < -0.4 is 26.6 Å². The summed E-state index contributed by atoms with van der Waals surface area (Å²) in [5.41, 5.74) is -0.718. The predicted molar refractivity (Wildman–Crippen MR) is 255 cm³/mol. The highest BCUT2D eigenvalue weighted by Gasteiger charge is 2.42. The Morgan fingerprint density at radius 2 is 1.37 bits per heavy atom. The van der Waals surface area contributed by atoms with E-state index in [0.29, 0.717) is 17.5 Å². The van der Waals surface area contributed by atoms with Crippen molar-refractivity contribution in [2.45, 2.75) is 109 Å². The molecule has 4 rings (SSSR count). The van der Waals surface area contributed by atoms with Crippen molar-refractivity contribution in [2.75, 3.05) is 39.4 Å². The lowest BCUT2D eigenvalue weighted by atomic mass is 9.83. The van der Waals surface area contributed by atoms with Gasteiger partial charge in [0.25, 0.3) is 5.91 Å². The Balaban J connectivity index is 1.76. The molecule has 0 spiro atoms. The fourth-order valence-corrected chi connectivity index (χ4v) is 9.01. The van der Waals surface area contributed by atoms with Crippen LogP contribution in [0, 0.1) is 24.2 Å². The first-order valence-corrected chi connectivity index (χ1v) is 24.2. The highest BCUT2D eigenvalue weighted by molar-refractivity contribution is 7.86. The number of hydrogen-bond donors (Lipinski definition) is 6. The second kappa shape index (κ2) is 26.0. The SMILES string of the molecule is C#CCNC(=O)c1c(CCc2ccccc2)ccc(S(=O)(=O)ON2CCOCC2)c1C[C@@](C)(O)C(=O)[C@H](CC(C)C)NC(=O)[C@H](Cc1ccccc1)NC(=O)[C@H](CC(C)C)NC(=O)CNC(C)=O. The van der Waals surface area contributed by atoms with Gasteiger partial charge < -0.3 is 36.4 Å². The van der Waals surface area contributed by atoms with Gasteiger partial charge >= 0.3 is 10.1 Å². The molecule has 0 aromatic heterocycles. The molecule has 1 aliphatic rings. The molecule has 4 atom stereocenters. The lowest BCUT2D eigenvalue weighted by Gasteiger charge is -2.32. The molecule has 0 bridgehead atoms. The monoisotopic (exact) mass is 958 g/mol. The molecular weight excluding hydrogens is 893 g/mol. The Bertz CT molecular complexity index is 2360. The van der Waals surface area contributed by atoms with Crippen molar-refractivity contribution in [3.05, 3.63) is 101 Å². The first-order chi connectivity index (χ1) is 32.2. The van der Waals surface area contributed by atoms with Crippen LogP contribution in [0.3, 0.4) is 0 Å². The van der Waals surface area contributed by atoms with Gasteiger partial charge in [-0.25, -0.2) is 0 Å². The predicted octanol–water partition coefficient (Wildman–Crippen LogP) is 2.58. The molecule has 17 nitrogen and oxygen atoms in total. The number of ketones is 1. The van der Waals surface area contributed by atoms with Crippen molar-refractivity contribution >= 4 is 45.4 Å². The van der Waals surface area contributed by atoms with Crippen LogP contribution >= 0.6 is 0 Å². The highest BCUT2D eigenvalue weighted by atomic mass is 32.2. The normalized spacial score (nSPS) is 15.2. The van der Waals surface area contributed by atoms with Gasteiger partial charge in [0, 0.05) is 38.4 Å². The quantitative estimate of drug-likeness (QED) is 0.0673. The number of nitrogens with zero attached hydrogens (tertiary/aromatic N) is 1. The summed E-state index contributed by atoms with van der Waals surface area (Å²) in [7, 11) is -4.72. The number of benzene rings is 3. The Kier molecular flexibility index (Phi) is 20.9. The topological polar surface area (TPSA) is 239 Å². The Morgan fingerprint density at radius 3 is 1.96 bits per heavy atom.